The Bertz CT molecular complexity index is 1050. The largest absolute Gasteiger partial charge is 0.451 e. The lowest BCUT2D eigenvalue weighted by Gasteiger charge is -2.19. The minimum atomic E-state index is -0.460. The third kappa shape index (κ3) is 5.18. The summed E-state index contributed by atoms with van der Waals surface area (Å²) < 4.78 is 5.63. The molecule has 0 aliphatic heterocycles. The summed E-state index contributed by atoms with van der Waals surface area (Å²) in [6, 6.07) is 16.3. The summed E-state index contributed by atoms with van der Waals surface area (Å²) in [4.78, 5) is 12.4. The monoisotopic (exact) mass is 446 g/mol. The lowest BCUT2D eigenvalue weighted by molar-refractivity contribution is 0.0951. The summed E-state index contributed by atoms with van der Waals surface area (Å²) in [5.74, 6) is 0.0979. The number of benzene rings is 2. The van der Waals surface area contributed by atoms with E-state index in [-0.39, 0.29) is 16.3 Å². The van der Waals surface area contributed by atoms with Crippen LogP contribution in [0, 0.1) is 0 Å². The molecule has 0 unspecified atom stereocenters. The van der Waals surface area contributed by atoms with E-state index in [1.165, 1.54) is 5.56 Å². The average molecular weight is 447 g/mol. The fourth-order valence-corrected chi connectivity index (χ4v) is 3.28. The molecule has 1 aromatic heterocycles. The van der Waals surface area contributed by atoms with Crippen LogP contribution in [0.25, 0.3) is 11.3 Å². The Morgan fingerprint density at radius 1 is 1.00 bits per heavy atom. The molecule has 0 aliphatic rings. The second kappa shape index (κ2) is 8.57. The fraction of sp³-hybridized carbons (Fsp3) is 0.182. The maximum absolute atomic E-state index is 12.4. The van der Waals surface area contributed by atoms with E-state index in [0.29, 0.717) is 21.4 Å². The van der Waals surface area contributed by atoms with E-state index in [4.69, 9.17) is 39.8 Å². The molecule has 150 valence electrons. The van der Waals surface area contributed by atoms with Crippen LogP contribution in [0.15, 0.2) is 59.0 Å². The maximum atomic E-state index is 12.4. The Balaban J connectivity index is 1.65. The summed E-state index contributed by atoms with van der Waals surface area (Å²) in [5, 5.41) is 6.56. The zero-order valence-electron chi connectivity index (χ0n) is 16.2. The SMILES string of the molecule is CC(C)(C)c1ccc(NC(=S)NC(=O)c2ccc(-c3cccc(Cl)c3Cl)o2)cc1. The Morgan fingerprint density at radius 3 is 2.34 bits per heavy atom. The first-order valence-corrected chi connectivity index (χ1v) is 10.1. The topological polar surface area (TPSA) is 54.3 Å². The Labute approximate surface area is 185 Å². The molecular formula is C22H20Cl2N2O2S. The van der Waals surface area contributed by atoms with Gasteiger partial charge < -0.3 is 9.73 Å². The fourth-order valence-electron chi connectivity index (χ4n) is 2.68. The van der Waals surface area contributed by atoms with E-state index in [0.717, 1.165) is 5.69 Å². The molecular weight excluding hydrogens is 427 g/mol. The third-order valence-electron chi connectivity index (χ3n) is 4.28. The lowest BCUT2D eigenvalue weighted by atomic mass is 9.87. The van der Waals surface area contributed by atoms with Crippen molar-refractivity contribution in [1.82, 2.24) is 5.32 Å². The highest BCUT2D eigenvalue weighted by molar-refractivity contribution is 7.80. The van der Waals surface area contributed by atoms with Crippen molar-refractivity contribution in [3.63, 3.8) is 0 Å². The van der Waals surface area contributed by atoms with Crippen molar-refractivity contribution in [2.45, 2.75) is 26.2 Å². The van der Waals surface area contributed by atoms with Gasteiger partial charge in [-0.2, -0.15) is 0 Å². The average Bonchev–Trinajstić information content (AvgIpc) is 3.13. The minimum absolute atomic E-state index is 0.0656. The summed E-state index contributed by atoms with van der Waals surface area (Å²) >= 11 is 17.5. The smallest absolute Gasteiger partial charge is 0.293 e. The number of anilines is 1. The van der Waals surface area contributed by atoms with Crippen molar-refractivity contribution in [2.24, 2.45) is 0 Å². The molecule has 0 radical (unpaired) electrons. The highest BCUT2D eigenvalue weighted by Gasteiger charge is 2.17. The van der Waals surface area contributed by atoms with Gasteiger partial charge in [0.05, 0.1) is 10.0 Å². The first-order chi connectivity index (χ1) is 13.6. The number of rotatable bonds is 3. The van der Waals surface area contributed by atoms with Gasteiger partial charge in [0.25, 0.3) is 5.91 Å². The molecule has 4 nitrogen and oxygen atoms in total. The van der Waals surface area contributed by atoms with Crippen molar-refractivity contribution in [3.8, 4) is 11.3 Å². The van der Waals surface area contributed by atoms with Gasteiger partial charge in [0.1, 0.15) is 5.76 Å². The Kier molecular flexibility index (Phi) is 6.32. The summed E-state index contributed by atoms with van der Waals surface area (Å²) in [5.41, 5.74) is 2.67. The number of carbonyl (C=O) groups excluding carboxylic acids is 1. The van der Waals surface area contributed by atoms with Crippen molar-refractivity contribution in [3.05, 3.63) is 76.0 Å². The highest BCUT2D eigenvalue weighted by atomic mass is 35.5. The predicted molar refractivity (Wildman–Crippen MR) is 123 cm³/mol. The number of amides is 1. The molecule has 2 N–H and O–H groups in total. The van der Waals surface area contributed by atoms with E-state index < -0.39 is 5.91 Å². The first kappa shape index (κ1) is 21.4. The van der Waals surface area contributed by atoms with E-state index in [1.807, 2.05) is 24.3 Å². The van der Waals surface area contributed by atoms with Gasteiger partial charge in [-0.1, -0.05) is 62.2 Å². The second-order valence-electron chi connectivity index (χ2n) is 7.50. The molecule has 0 saturated carbocycles. The van der Waals surface area contributed by atoms with Gasteiger partial charge in [0.2, 0.25) is 0 Å². The van der Waals surface area contributed by atoms with Crippen LogP contribution in [0.1, 0.15) is 36.9 Å². The van der Waals surface area contributed by atoms with E-state index in [2.05, 4.69) is 31.4 Å². The number of hydrogen-bond donors (Lipinski definition) is 2. The second-order valence-corrected chi connectivity index (χ2v) is 8.69. The predicted octanol–water partition coefficient (Wildman–Crippen LogP) is 6.68. The molecule has 7 heteroatoms. The molecule has 2 aromatic carbocycles. The number of furan rings is 1. The van der Waals surface area contributed by atoms with E-state index in [1.54, 1.807) is 30.3 Å². The van der Waals surface area contributed by atoms with Crippen molar-refractivity contribution < 1.29 is 9.21 Å². The Morgan fingerprint density at radius 2 is 1.69 bits per heavy atom. The minimum Gasteiger partial charge on any atom is -0.451 e. The molecule has 1 amide bonds. The van der Waals surface area contributed by atoms with Crippen LogP contribution in [0.5, 0.6) is 0 Å². The quantitative estimate of drug-likeness (QED) is 0.440. The van der Waals surface area contributed by atoms with Crippen LogP contribution in [0.2, 0.25) is 10.0 Å². The van der Waals surface area contributed by atoms with Crippen LogP contribution in [-0.2, 0) is 5.41 Å². The molecule has 0 fully saturated rings. The van der Waals surface area contributed by atoms with Gasteiger partial charge in [-0.05, 0) is 59.6 Å². The van der Waals surface area contributed by atoms with Gasteiger partial charge in [0, 0.05) is 11.3 Å². The van der Waals surface area contributed by atoms with Crippen molar-refractivity contribution in [2.75, 3.05) is 5.32 Å². The molecule has 0 bridgehead atoms. The Hall–Kier alpha value is -2.34. The molecule has 0 aliphatic carbocycles. The number of halogens is 2. The van der Waals surface area contributed by atoms with E-state index >= 15 is 0 Å². The molecule has 0 spiro atoms. The standard InChI is InChI=1S/C22H20Cl2N2O2S/c1-22(2,3)13-7-9-14(10-8-13)25-21(29)26-20(27)18-12-11-17(28-18)15-5-4-6-16(23)19(15)24/h4-12H,1-3H3,(H2,25,26,27,29). The highest BCUT2D eigenvalue weighted by Crippen LogP contribution is 2.34. The van der Waals surface area contributed by atoms with Crippen LogP contribution < -0.4 is 10.6 Å². The van der Waals surface area contributed by atoms with Gasteiger partial charge in [-0.25, -0.2) is 0 Å². The van der Waals surface area contributed by atoms with Crippen LogP contribution in [0.4, 0.5) is 5.69 Å². The number of carbonyl (C=O) groups is 1. The summed E-state index contributed by atoms with van der Waals surface area (Å²) in [6.45, 7) is 6.44. The van der Waals surface area contributed by atoms with Crippen LogP contribution in [-0.4, -0.2) is 11.0 Å². The zero-order valence-corrected chi connectivity index (χ0v) is 18.5. The van der Waals surface area contributed by atoms with Gasteiger partial charge >= 0.3 is 0 Å². The summed E-state index contributed by atoms with van der Waals surface area (Å²) in [6.07, 6.45) is 0. The number of nitrogens with one attached hydrogen (secondary N) is 2. The van der Waals surface area contributed by atoms with E-state index in [9.17, 15) is 4.79 Å². The molecule has 1 heterocycles. The van der Waals surface area contributed by atoms with Gasteiger partial charge in [-0.3, -0.25) is 10.1 Å². The molecule has 0 saturated heterocycles. The number of hydrogen-bond acceptors (Lipinski definition) is 3. The molecule has 0 atom stereocenters. The molecule has 3 aromatic rings. The van der Waals surface area contributed by atoms with Crippen LogP contribution >= 0.6 is 35.4 Å². The molecule has 3 rings (SSSR count). The maximum Gasteiger partial charge on any atom is 0.293 e. The first-order valence-electron chi connectivity index (χ1n) is 8.92. The summed E-state index contributed by atoms with van der Waals surface area (Å²) in [7, 11) is 0. The lowest BCUT2D eigenvalue weighted by Crippen LogP contribution is -2.33. The number of thiocarbonyl (C=S) groups is 1. The normalized spacial score (nSPS) is 11.2. The third-order valence-corrected chi connectivity index (χ3v) is 5.31. The zero-order chi connectivity index (χ0) is 21.2. The van der Waals surface area contributed by atoms with Crippen LogP contribution in [0.3, 0.4) is 0 Å². The van der Waals surface area contributed by atoms with Gasteiger partial charge in [0.15, 0.2) is 10.9 Å². The van der Waals surface area contributed by atoms with Crippen molar-refractivity contribution in [1.29, 1.82) is 0 Å². The van der Waals surface area contributed by atoms with Crippen molar-refractivity contribution >= 4 is 52.1 Å². The van der Waals surface area contributed by atoms with Gasteiger partial charge in [-0.15, -0.1) is 0 Å². The molecule has 29 heavy (non-hydrogen) atoms.